The second-order valence-corrected chi connectivity index (χ2v) is 5.63. The van der Waals surface area contributed by atoms with Crippen molar-refractivity contribution in [2.24, 2.45) is 0 Å². The Morgan fingerprint density at radius 2 is 2.04 bits per heavy atom. The monoisotopic (exact) mass is 337 g/mol. The van der Waals surface area contributed by atoms with Gasteiger partial charge in [-0.05, 0) is 13.8 Å². The third-order valence-corrected chi connectivity index (χ3v) is 3.81. The predicted octanol–water partition coefficient (Wildman–Crippen LogP) is 2.06. The van der Waals surface area contributed by atoms with Gasteiger partial charge < -0.3 is 9.47 Å². The maximum atomic E-state index is 11.6. The van der Waals surface area contributed by atoms with E-state index in [0.717, 1.165) is 10.7 Å². The Hall–Kier alpha value is -2.22. The molecular weight excluding hydrogens is 318 g/mol. The predicted molar refractivity (Wildman–Crippen MR) is 84.4 cm³/mol. The van der Waals surface area contributed by atoms with Crippen molar-refractivity contribution in [3.8, 4) is 0 Å². The van der Waals surface area contributed by atoms with E-state index in [9.17, 15) is 9.59 Å². The summed E-state index contributed by atoms with van der Waals surface area (Å²) in [5.41, 5.74) is 1.28. The van der Waals surface area contributed by atoms with Crippen LogP contribution in [0.25, 0.3) is 0 Å². The number of aromatic nitrogens is 3. The molecule has 2 aromatic rings. The van der Waals surface area contributed by atoms with Crippen LogP contribution >= 0.6 is 11.3 Å². The van der Waals surface area contributed by atoms with Gasteiger partial charge in [0.1, 0.15) is 5.01 Å². The molecule has 124 valence electrons. The minimum atomic E-state index is -0.381. The van der Waals surface area contributed by atoms with Crippen LogP contribution in [0.1, 0.15) is 41.3 Å². The van der Waals surface area contributed by atoms with Gasteiger partial charge in [0.05, 0.1) is 43.6 Å². The third kappa shape index (κ3) is 5.17. The second kappa shape index (κ2) is 8.42. The van der Waals surface area contributed by atoms with Crippen molar-refractivity contribution in [1.29, 1.82) is 0 Å². The highest BCUT2D eigenvalue weighted by Gasteiger charge is 2.11. The summed E-state index contributed by atoms with van der Waals surface area (Å²) >= 11 is 1.50. The van der Waals surface area contributed by atoms with Crippen LogP contribution in [0.2, 0.25) is 0 Å². The molecule has 0 aliphatic rings. The van der Waals surface area contributed by atoms with Crippen LogP contribution in [0.5, 0.6) is 0 Å². The Balaban J connectivity index is 1.89. The molecule has 0 spiro atoms. The summed E-state index contributed by atoms with van der Waals surface area (Å²) in [5.74, 6) is -0.596. The van der Waals surface area contributed by atoms with Crippen LogP contribution in [0.3, 0.4) is 0 Å². The van der Waals surface area contributed by atoms with Gasteiger partial charge in [-0.25, -0.2) is 9.78 Å². The quantitative estimate of drug-likeness (QED) is 0.686. The molecule has 0 atom stereocenters. The van der Waals surface area contributed by atoms with Gasteiger partial charge >= 0.3 is 11.9 Å². The molecule has 0 radical (unpaired) electrons. The molecule has 0 aliphatic heterocycles. The largest absolute Gasteiger partial charge is 0.466 e. The number of rotatable bonds is 8. The number of esters is 2. The Morgan fingerprint density at radius 3 is 2.78 bits per heavy atom. The van der Waals surface area contributed by atoms with Crippen molar-refractivity contribution in [3.05, 3.63) is 34.0 Å². The molecule has 0 fully saturated rings. The second-order valence-electron chi connectivity index (χ2n) is 4.68. The number of hydrogen-bond donors (Lipinski definition) is 0. The first-order valence-corrected chi connectivity index (χ1v) is 8.28. The fraction of sp³-hybridized carbons (Fsp3) is 0.467. The van der Waals surface area contributed by atoms with Crippen LogP contribution in [0.15, 0.2) is 17.8 Å². The standard InChI is InChI=1S/C15H19N3O4S/c1-3-21-14(19)6-5-12-10-23-13(17-12)9-18-8-11(7-16-18)15(20)22-4-2/h7-8,10H,3-6,9H2,1-2H3. The molecule has 2 rings (SSSR count). The number of hydrogen-bond acceptors (Lipinski definition) is 7. The maximum Gasteiger partial charge on any atom is 0.341 e. The molecule has 23 heavy (non-hydrogen) atoms. The minimum Gasteiger partial charge on any atom is -0.466 e. The average molecular weight is 337 g/mol. The first-order chi connectivity index (χ1) is 11.1. The van der Waals surface area contributed by atoms with Gasteiger partial charge in [0, 0.05) is 18.0 Å². The topological polar surface area (TPSA) is 83.3 Å². The first-order valence-electron chi connectivity index (χ1n) is 7.40. The molecule has 0 unspecified atom stereocenters. The Labute approximate surface area is 138 Å². The molecule has 0 aliphatic carbocycles. The summed E-state index contributed by atoms with van der Waals surface area (Å²) in [6, 6.07) is 0. The smallest absolute Gasteiger partial charge is 0.341 e. The van der Waals surface area contributed by atoms with Crippen LogP contribution < -0.4 is 0 Å². The summed E-state index contributed by atoms with van der Waals surface area (Å²) in [6.45, 7) is 4.75. The van der Waals surface area contributed by atoms with Crippen LogP contribution in [-0.2, 0) is 27.2 Å². The van der Waals surface area contributed by atoms with Gasteiger partial charge in [-0.1, -0.05) is 0 Å². The summed E-state index contributed by atoms with van der Waals surface area (Å²) in [7, 11) is 0. The van der Waals surface area contributed by atoms with Crippen molar-refractivity contribution >= 4 is 23.3 Å². The molecule has 8 heteroatoms. The highest BCUT2D eigenvalue weighted by molar-refractivity contribution is 7.09. The molecule has 0 saturated carbocycles. The SMILES string of the molecule is CCOC(=O)CCc1csc(Cn2cc(C(=O)OCC)cn2)n1. The summed E-state index contributed by atoms with van der Waals surface area (Å²) in [5, 5.41) is 6.92. The van der Waals surface area contributed by atoms with Crippen LogP contribution in [0, 0.1) is 0 Å². The number of aryl methyl sites for hydroxylation is 1. The van der Waals surface area contributed by atoms with Gasteiger partial charge in [-0.2, -0.15) is 5.10 Å². The van der Waals surface area contributed by atoms with E-state index in [1.54, 1.807) is 24.7 Å². The molecule has 2 heterocycles. The zero-order chi connectivity index (χ0) is 16.7. The van der Waals surface area contributed by atoms with Gasteiger partial charge in [-0.15, -0.1) is 11.3 Å². The number of carbonyl (C=O) groups is 2. The van der Waals surface area contributed by atoms with Crippen molar-refractivity contribution in [2.45, 2.75) is 33.2 Å². The van der Waals surface area contributed by atoms with Crippen LogP contribution in [0.4, 0.5) is 0 Å². The lowest BCUT2D eigenvalue weighted by molar-refractivity contribution is -0.143. The molecule has 2 aromatic heterocycles. The zero-order valence-corrected chi connectivity index (χ0v) is 14.0. The lowest BCUT2D eigenvalue weighted by atomic mass is 10.2. The number of carbonyl (C=O) groups excluding carboxylic acids is 2. The number of thiazole rings is 1. The number of ether oxygens (including phenoxy) is 2. The minimum absolute atomic E-state index is 0.215. The Bertz CT molecular complexity index is 665. The molecule has 0 amide bonds. The van der Waals surface area contributed by atoms with E-state index in [1.807, 2.05) is 5.38 Å². The highest BCUT2D eigenvalue weighted by Crippen LogP contribution is 2.13. The molecular formula is C15H19N3O4S. The van der Waals surface area contributed by atoms with E-state index in [2.05, 4.69) is 10.1 Å². The Kier molecular flexibility index (Phi) is 6.28. The summed E-state index contributed by atoms with van der Waals surface area (Å²) in [4.78, 5) is 27.4. The number of nitrogens with zero attached hydrogens (tertiary/aromatic N) is 3. The van der Waals surface area contributed by atoms with E-state index in [1.165, 1.54) is 17.5 Å². The lowest BCUT2D eigenvalue weighted by Crippen LogP contribution is -2.05. The van der Waals surface area contributed by atoms with E-state index in [-0.39, 0.29) is 11.9 Å². The molecule has 0 bridgehead atoms. The molecule has 0 saturated heterocycles. The normalized spacial score (nSPS) is 10.5. The summed E-state index contributed by atoms with van der Waals surface area (Å²) in [6.07, 6.45) is 4.00. The highest BCUT2D eigenvalue weighted by atomic mass is 32.1. The Morgan fingerprint density at radius 1 is 1.26 bits per heavy atom. The van der Waals surface area contributed by atoms with Gasteiger partial charge in [0.15, 0.2) is 0 Å². The molecule has 0 N–H and O–H groups in total. The van der Waals surface area contributed by atoms with Gasteiger partial charge in [-0.3, -0.25) is 9.48 Å². The van der Waals surface area contributed by atoms with Gasteiger partial charge in [0.2, 0.25) is 0 Å². The van der Waals surface area contributed by atoms with E-state index >= 15 is 0 Å². The van der Waals surface area contributed by atoms with Crippen molar-refractivity contribution in [1.82, 2.24) is 14.8 Å². The van der Waals surface area contributed by atoms with Crippen molar-refractivity contribution in [2.75, 3.05) is 13.2 Å². The maximum absolute atomic E-state index is 11.6. The summed E-state index contributed by atoms with van der Waals surface area (Å²) < 4.78 is 11.4. The van der Waals surface area contributed by atoms with E-state index in [0.29, 0.717) is 38.2 Å². The third-order valence-electron chi connectivity index (χ3n) is 2.93. The lowest BCUT2D eigenvalue weighted by Gasteiger charge is -1.99. The van der Waals surface area contributed by atoms with Crippen molar-refractivity contribution in [3.63, 3.8) is 0 Å². The van der Waals surface area contributed by atoms with Gasteiger partial charge in [0.25, 0.3) is 0 Å². The fourth-order valence-corrected chi connectivity index (χ4v) is 2.73. The van der Waals surface area contributed by atoms with E-state index in [4.69, 9.17) is 9.47 Å². The fourth-order valence-electron chi connectivity index (χ4n) is 1.91. The van der Waals surface area contributed by atoms with Crippen molar-refractivity contribution < 1.29 is 19.1 Å². The zero-order valence-electron chi connectivity index (χ0n) is 13.2. The van der Waals surface area contributed by atoms with E-state index < -0.39 is 0 Å². The van der Waals surface area contributed by atoms with Crippen LogP contribution in [-0.4, -0.2) is 39.9 Å². The molecule has 0 aromatic carbocycles. The first kappa shape index (κ1) is 17.1. The average Bonchev–Trinajstić information content (AvgIpc) is 3.16. The molecule has 7 nitrogen and oxygen atoms in total.